The molecule has 0 radical (unpaired) electrons. The van der Waals surface area contributed by atoms with E-state index in [2.05, 4.69) is 38.6 Å². The zero-order chi connectivity index (χ0) is 24.2. The van der Waals surface area contributed by atoms with E-state index in [0.717, 1.165) is 0 Å². The van der Waals surface area contributed by atoms with Gasteiger partial charge in [-0.25, -0.2) is 9.37 Å². The molecule has 3 rings (SSSR count). The molecule has 0 saturated carbocycles. The number of amides is 3. The quantitative estimate of drug-likeness (QED) is 0.461. The van der Waals surface area contributed by atoms with Crippen molar-refractivity contribution >= 4 is 58.5 Å². The van der Waals surface area contributed by atoms with Crippen molar-refractivity contribution in [3.05, 3.63) is 28.0 Å². The highest BCUT2D eigenvalue weighted by atomic mass is 32.2. The molecule has 3 N–H and O–H groups in total. The van der Waals surface area contributed by atoms with E-state index in [0.29, 0.717) is 33.7 Å². The maximum absolute atomic E-state index is 14.8. The van der Waals surface area contributed by atoms with Crippen LogP contribution in [-0.4, -0.2) is 56.9 Å². The molecule has 0 unspecified atom stereocenters. The predicted octanol–water partition coefficient (Wildman–Crippen LogP) is 2.21. The first-order valence-corrected chi connectivity index (χ1v) is 13.1. The summed E-state index contributed by atoms with van der Waals surface area (Å²) in [6.07, 6.45) is 1.39. The number of aromatic nitrogens is 1. The number of halogens is 1. The largest absolute Gasteiger partial charge is 0.350 e. The second kappa shape index (κ2) is 11.0. The number of hydrogen-bond donors (Lipinski definition) is 4. The van der Waals surface area contributed by atoms with E-state index in [1.807, 2.05) is 5.38 Å². The predicted molar refractivity (Wildman–Crippen MR) is 132 cm³/mol. The van der Waals surface area contributed by atoms with E-state index in [4.69, 9.17) is 0 Å². The molecule has 8 nitrogen and oxygen atoms in total. The molecule has 3 atom stereocenters. The van der Waals surface area contributed by atoms with Crippen LogP contribution < -0.4 is 16.0 Å². The first kappa shape index (κ1) is 25.7. The van der Waals surface area contributed by atoms with Gasteiger partial charge in [0, 0.05) is 11.1 Å². The van der Waals surface area contributed by atoms with Gasteiger partial charge in [-0.15, -0.1) is 23.1 Å². The van der Waals surface area contributed by atoms with Gasteiger partial charge >= 0.3 is 0 Å². The first-order valence-electron chi connectivity index (χ1n) is 10.6. The Balaban J connectivity index is 1.95. The fraction of sp³-hybridized carbons (Fsp3) is 0.571. The van der Waals surface area contributed by atoms with Gasteiger partial charge in [-0.3, -0.25) is 19.4 Å². The highest BCUT2D eigenvalue weighted by Crippen LogP contribution is 2.32. The van der Waals surface area contributed by atoms with E-state index in [9.17, 15) is 18.8 Å². The number of thiazole rings is 1. The van der Waals surface area contributed by atoms with Gasteiger partial charge in [0.1, 0.15) is 33.2 Å². The lowest BCUT2D eigenvalue weighted by Gasteiger charge is -2.28. The second-order valence-corrected chi connectivity index (χ2v) is 10.8. The number of carbonyl (C=O) groups is 3. The Morgan fingerprint density at radius 3 is 2.82 bits per heavy atom. The van der Waals surface area contributed by atoms with Crippen molar-refractivity contribution in [1.29, 1.82) is 0 Å². The molecule has 0 aromatic carbocycles. The van der Waals surface area contributed by atoms with Crippen molar-refractivity contribution in [3.8, 4) is 0 Å². The molecule has 1 aromatic rings. The Labute approximate surface area is 206 Å². The molecule has 1 aromatic heterocycles. The molecule has 0 saturated heterocycles. The number of carbonyl (C=O) groups excluding carboxylic acids is 3. The van der Waals surface area contributed by atoms with E-state index in [-0.39, 0.29) is 24.8 Å². The van der Waals surface area contributed by atoms with Crippen LogP contribution in [0.25, 0.3) is 0 Å². The minimum atomic E-state index is -1.16. The molecular weight excluding hydrogens is 485 g/mol. The van der Waals surface area contributed by atoms with E-state index >= 15 is 0 Å². The van der Waals surface area contributed by atoms with E-state index in [1.165, 1.54) is 29.2 Å². The minimum Gasteiger partial charge on any atom is -0.350 e. The fourth-order valence-electron chi connectivity index (χ4n) is 3.32. The van der Waals surface area contributed by atoms with Crippen LogP contribution >= 0.6 is 35.7 Å². The summed E-state index contributed by atoms with van der Waals surface area (Å²) < 4.78 is 14.8. The van der Waals surface area contributed by atoms with Gasteiger partial charge < -0.3 is 16.0 Å². The number of aliphatic imine (C=N–C) groups is 1. The highest BCUT2D eigenvalue weighted by Gasteiger charge is 2.41. The lowest BCUT2D eigenvalue weighted by Crippen LogP contribution is -2.56. The third kappa shape index (κ3) is 6.36. The molecule has 2 aliphatic heterocycles. The summed E-state index contributed by atoms with van der Waals surface area (Å²) in [6.45, 7) is 5.47. The van der Waals surface area contributed by atoms with Crippen molar-refractivity contribution in [2.75, 3.05) is 11.5 Å². The third-order valence-corrected chi connectivity index (χ3v) is 7.67. The van der Waals surface area contributed by atoms with E-state index < -0.39 is 35.3 Å². The molecular formula is C21H28FN5O3S3. The van der Waals surface area contributed by atoms with Crippen molar-refractivity contribution in [2.24, 2.45) is 10.9 Å². The van der Waals surface area contributed by atoms with Crippen molar-refractivity contribution in [2.45, 2.75) is 57.8 Å². The van der Waals surface area contributed by atoms with Crippen molar-refractivity contribution in [3.63, 3.8) is 0 Å². The molecule has 2 aliphatic rings. The van der Waals surface area contributed by atoms with Gasteiger partial charge in [-0.2, -0.15) is 12.6 Å². The second-order valence-electron chi connectivity index (χ2n) is 8.44. The van der Waals surface area contributed by atoms with Crippen molar-refractivity contribution < 1.29 is 18.8 Å². The molecule has 0 aliphatic carbocycles. The first-order chi connectivity index (χ1) is 15.6. The Bertz CT molecular complexity index is 980. The Morgan fingerprint density at radius 2 is 2.12 bits per heavy atom. The summed E-state index contributed by atoms with van der Waals surface area (Å²) in [5, 5.41) is 11.3. The monoisotopic (exact) mass is 513 g/mol. The van der Waals surface area contributed by atoms with Gasteiger partial charge in [0.2, 0.25) is 17.7 Å². The summed E-state index contributed by atoms with van der Waals surface area (Å²) in [5.74, 6) is -1.42. The summed E-state index contributed by atoms with van der Waals surface area (Å²) in [4.78, 5) is 47.9. The van der Waals surface area contributed by atoms with E-state index in [1.54, 1.807) is 20.8 Å². The molecule has 12 heteroatoms. The van der Waals surface area contributed by atoms with Gasteiger partial charge in [0.05, 0.1) is 19.0 Å². The molecule has 3 amide bonds. The fourth-order valence-corrected chi connectivity index (χ4v) is 5.38. The Kier molecular flexibility index (Phi) is 8.57. The van der Waals surface area contributed by atoms with Crippen LogP contribution in [0.15, 0.2) is 22.3 Å². The zero-order valence-electron chi connectivity index (χ0n) is 18.7. The summed E-state index contributed by atoms with van der Waals surface area (Å²) in [7, 11) is 0. The number of hydrogen-bond acceptors (Lipinski definition) is 8. The summed E-state index contributed by atoms with van der Waals surface area (Å²) in [6, 6.07) is -2.07. The topological polar surface area (TPSA) is 113 Å². The standard InChI is InChI=1S/C21H28FN5O3S3/c1-11(2)17-18(29)25-13(12(22)5-4-6-31)7-15(28)23-8-16-24-14(9-32-16)19-27-21(3,10-33-19)20(30)26-17/h5,9,11,13,17,31H,4,6-8,10H2,1-3H3,(H,23,28)(H,25,29)(H,26,30)/b12-5-/t13-,17-,21-/m0/s1. The molecule has 0 spiro atoms. The van der Waals surface area contributed by atoms with Crippen LogP contribution in [0, 0.1) is 5.92 Å². The lowest BCUT2D eigenvalue weighted by atomic mass is 9.99. The zero-order valence-corrected chi connectivity index (χ0v) is 21.2. The lowest BCUT2D eigenvalue weighted by molar-refractivity contribution is -0.132. The SMILES string of the molecule is CC(C)[C@@H]1NC(=O)[C@]2(C)CSC(=N2)c2csc(n2)CNC(=O)C[C@@H](/C(F)=C/CCS)NC1=O. The van der Waals surface area contributed by atoms with Crippen molar-refractivity contribution in [1.82, 2.24) is 20.9 Å². The maximum Gasteiger partial charge on any atom is 0.249 e. The number of thioether (sulfide) groups is 1. The number of rotatable bonds is 4. The normalized spacial score (nSPS) is 27.2. The number of nitrogens with zero attached hydrogens (tertiary/aromatic N) is 2. The Hall–Kier alpha value is -1.92. The van der Waals surface area contributed by atoms with Crippen LogP contribution in [0.1, 0.15) is 44.3 Å². The van der Waals surface area contributed by atoms with Crippen LogP contribution in [0.3, 0.4) is 0 Å². The van der Waals surface area contributed by atoms with Gasteiger partial charge in [-0.1, -0.05) is 13.8 Å². The van der Waals surface area contributed by atoms with Gasteiger partial charge in [0.15, 0.2) is 0 Å². The summed E-state index contributed by atoms with van der Waals surface area (Å²) in [5.41, 5.74) is -0.408. The van der Waals surface area contributed by atoms with Crippen LogP contribution in [0.4, 0.5) is 4.39 Å². The average Bonchev–Trinajstić information content (AvgIpc) is 3.40. The maximum atomic E-state index is 14.8. The number of fused-ring (bicyclic) bond motifs is 4. The van der Waals surface area contributed by atoms with Crippen LogP contribution in [0.5, 0.6) is 0 Å². The third-order valence-electron chi connectivity index (χ3n) is 5.28. The van der Waals surface area contributed by atoms with Crippen LogP contribution in [0.2, 0.25) is 0 Å². The number of thiol groups is 1. The Morgan fingerprint density at radius 1 is 1.36 bits per heavy atom. The number of allylic oxidation sites excluding steroid dienone is 1. The average molecular weight is 514 g/mol. The van der Waals surface area contributed by atoms with Gasteiger partial charge in [-0.05, 0) is 31.1 Å². The molecule has 180 valence electrons. The van der Waals surface area contributed by atoms with Crippen LogP contribution in [-0.2, 0) is 20.9 Å². The summed E-state index contributed by atoms with van der Waals surface area (Å²) >= 11 is 6.87. The minimum absolute atomic E-state index is 0.177. The molecule has 33 heavy (non-hydrogen) atoms. The number of nitrogens with one attached hydrogen (secondary N) is 3. The molecule has 0 fully saturated rings. The smallest absolute Gasteiger partial charge is 0.249 e. The van der Waals surface area contributed by atoms with Gasteiger partial charge in [0.25, 0.3) is 0 Å². The molecule has 3 heterocycles. The molecule has 4 bridgehead atoms. The highest BCUT2D eigenvalue weighted by molar-refractivity contribution is 8.14.